The largest absolute Gasteiger partial charge is 0.326 e. The molecule has 0 aromatic heterocycles. The van der Waals surface area contributed by atoms with E-state index in [0.29, 0.717) is 18.0 Å². The molecule has 1 saturated heterocycles. The van der Waals surface area contributed by atoms with Gasteiger partial charge in [-0.15, -0.1) is 0 Å². The first kappa shape index (κ1) is 19.6. The van der Waals surface area contributed by atoms with Crippen LogP contribution in [0.4, 0.5) is 15.8 Å². The Hall–Kier alpha value is -2.73. The van der Waals surface area contributed by atoms with Crippen LogP contribution in [0.2, 0.25) is 0 Å². The highest BCUT2D eigenvalue weighted by atomic mass is 19.1. The van der Waals surface area contributed by atoms with Gasteiger partial charge in [0, 0.05) is 23.0 Å². The van der Waals surface area contributed by atoms with E-state index in [-0.39, 0.29) is 23.7 Å². The number of aryl methyl sites for hydroxylation is 1. The number of anilines is 2. The van der Waals surface area contributed by atoms with Gasteiger partial charge in [0.25, 0.3) is 0 Å². The van der Waals surface area contributed by atoms with Crippen LogP contribution in [-0.4, -0.2) is 17.9 Å². The predicted molar refractivity (Wildman–Crippen MR) is 111 cm³/mol. The van der Waals surface area contributed by atoms with E-state index in [2.05, 4.69) is 29.8 Å². The molecule has 0 bridgehead atoms. The van der Waals surface area contributed by atoms with Gasteiger partial charge in [0.15, 0.2) is 0 Å². The van der Waals surface area contributed by atoms with E-state index >= 15 is 0 Å². The van der Waals surface area contributed by atoms with Crippen LogP contribution in [0.25, 0.3) is 0 Å². The van der Waals surface area contributed by atoms with E-state index in [0.717, 1.165) is 23.2 Å². The molecule has 1 spiro atoms. The van der Waals surface area contributed by atoms with Gasteiger partial charge in [-0.05, 0) is 56.0 Å². The third-order valence-electron chi connectivity index (χ3n) is 5.87. The molecule has 2 aliphatic rings. The van der Waals surface area contributed by atoms with Gasteiger partial charge in [-0.1, -0.05) is 31.5 Å². The second-order valence-corrected chi connectivity index (χ2v) is 8.57. The lowest BCUT2D eigenvalue weighted by atomic mass is 9.79. The molecule has 2 aromatic rings. The Balaban J connectivity index is 1.72. The molecule has 0 radical (unpaired) electrons. The Kier molecular flexibility index (Phi) is 4.90. The first-order chi connectivity index (χ1) is 13.8. The summed E-state index contributed by atoms with van der Waals surface area (Å²) in [6, 6.07) is 11.5. The van der Waals surface area contributed by atoms with Crippen LogP contribution >= 0.6 is 0 Å². The van der Waals surface area contributed by atoms with Crippen molar-refractivity contribution in [1.82, 2.24) is 5.32 Å². The highest BCUT2D eigenvalue weighted by Crippen LogP contribution is 2.48. The molecular formula is C23H26FN3O2. The number of benzene rings is 2. The normalized spacial score (nSPS) is 25.3. The monoisotopic (exact) mass is 395 g/mol. The van der Waals surface area contributed by atoms with Crippen LogP contribution in [0, 0.1) is 24.6 Å². The average molecular weight is 395 g/mol. The number of rotatable bonds is 4. The maximum Gasteiger partial charge on any atom is 0.250 e. The Morgan fingerprint density at radius 2 is 1.97 bits per heavy atom. The highest BCUT2D eigenvalue weighted by molar-refractivity contribution is 6.10. The molecule has 2 amide bonds. The summed E-state index contributed by atoms with van der Waals surface area (Å²) >= 11 is 0. The van der Waals surface area contributed by atoms with Crippen LogP contribution in [-0.2, 0) is 15.1 Å². The third-order valence-corrected chi connectivity index (χ3v) is 5.87. The quantitative estimate of drug-likeness (QED) is 0.734. The summed E-state index contributed by atoms with van der Waals surface area (Å²) < 4.78 is 13.2. The molecule has 1 fully saturated rings. The zero-order chi connectivity index (χ0) is 20.8. The summed E-state index contributed by atoms with van der Waals surface area (Å²) in [5, 5.41) is 9.36. The summed E-state index contributed by atoms with van der Waals surface area (Å²) in [6.07, 6.45) is 1.43. The van der Waals surface area contributed by atoms with Crippen LogP contribution in [0.5, 0.6) is 0 Å². The zero-order valence-electron chi connectivity index (χ0n) is 16.9. The van der Waals surface area contributed by atoms with Crippen LogP contribution in [0.3, 0.4) is 0 Å². The van der Waals surface area contributed by atoms with E-state index in [1.54, 1.807) is 0 Å². The summed E-state index contributed by atoms with van der Waals surface area (Å²) in [4.78, 5) is 26.5. The SMILES string of the molecule is Cc1ccc2c(c1)[C@@]1(N[C@@H](CC(C)C)C[C@@H]1C(=O)Nc1ccc(F)cc1)C(=O)N2. The summed E-state index contributed by atoms with van der Waals surface area (Å²) in [7, 11) is 0. The molecular weight excluding hydrogens is 369 g/mol. The summed E-state index contributed by atoms with van der Waals surface area (Å²) in [5.74, 6) is -0.925. The first-order valence-electron chi connectivity index (χ1n) is 10.1. The van der Waals surface area contributed by atoms with Crippen molar-refractivity contribution in [3.05, 3.63) is 59.4 Å². The molecule has 0 saturated carbocycles. The Bertz CT molecular complexity index is 957. The van der Waals surface area contributed by atoms with Crippen LogP contribution < -0.4 is 16.0 Å². The second-order valence-electron chi connectivity index (χ2n) is 8.57. The smallest absolute Gasteiger partial charge is 0.250 e. The molecule has 29 heavy (non-hydrogen) atoms. The van der Waals surface area contributed by atoms with Crippen molar-refractivity contribution in [2.24, 2.45) is 11.8 Å². The molecule has 3 atom stereocenters. The van der Waals surface area contributed by atoms with Crippen molar-refractivity contribution in [3.8, 4) is 0 Å². The van der Waals surface area contributed by atoms with Crippen molar-refractivity contribution in [2.45, 2.75) is 45.2 Å². The van der Waals surface area contributed by atoms with Crippen LogP contribution in [0.15, 0.2) is 42.5 Å². The van der Waals surface area contributed by atoms with Gasteiger partial charge in [-0.2, -0.15) is 0 Å². The minimum atomic E-state index is -1.09. The van der Waals surface area contributed by atoms with Gasteiger partial charge in [0.1, 0.15) is 11.4 Å². The fraction of sp³-hybridized carbons (Fsp3) is 0.391. The van der Waals surface area contributed by atoms with Gasteiger partial charge in [-0.25, -0.2) is 4.39 Å². The molecule has 152 valence electrons. The van der Waals surface area contributed by atoms with Crippen LogP contribution in [0.1, 0.15) is 37.8 Å². The van der Waals surface area contributed by atoms with Gasteiger partial charge in [-0.3, -0.25) is 14.9 Å². The summed E-state index contributed by atoms with van der Waals surface area (Å²) in [5.41, 5.74) is 2.03. The number of hydrogen-bond donors (Lipinski definition) is 3. The molecule has 6 heteroatoms. The number of halogens is 1. The lowest BCUT2D eigenvalue weighted by Crippen LogP contribution is -2.52. The van der Waals surface area contributed by atoms with Crippen molar-refractivity contribution in [2.75, 3.05) is 10.6 Å². The van der Waals surface area contributed by atoms with Gasteiger partial charge >= 0.3 is 0 Å². The van der Waals surface area contributed by atoms with Gasteiger partial charge in [0.2, 0.25) is 11.8 Å². The molecule has 0 unspecified atom stereocenters. The zero-order valence-corrected chi connectivity index (χ0v) is 16.9. The van der Waals surface area contributed by atoms with Gasteiger partial charge < -0.3 is 10.6 Å². The second kappa shape index (κ2) is 7.26. The van der Waals surface area contributed by atoms with Crippen molar-refractivity contribution < 1.29 is 14.0 Å². The van der Waals surface area contributed by atoms with E-state index in [9.17, 15) is 14.0 Å². The number of nitrogens with one attached hydrogen (secondary N) is 3. The Morgan fingerprint density at radius 3 is 2.66 bits per heavy atom. The predicted octanol–water partition coefficient (Wildman–Crippen LogP) is 3.94. The molecule has 2 aromatic carbocycles. The number of carbonyl (C=O) groups excluding carboxylic acids is 2. The minimum Gasteiger partial charge on any atom is -0.326 e. The fourth-order valence-corrected chi connectivity index (χ4v) is 4.66. The molecule has 2 aliphatic heterocycles. The fourth-order valence-electron chi connectivity index (χ4n) is 4.66. The topological polar surface area (TPSA) is 70.2 Å². The standard InChI is InChI=1S/C23H26FN3O2/c1-13(2)10-17-12-19(21(28)25-16-7-5-15(24)6-8-16)23(27-17)18-11-14(3)4-9-20(18)26-22(23)29/h4-9,11,13,17,19,27H,10,12H2,1-3H3,(H,25,28)(H,26,29)/t17-,19+,23-/m0/s1. The average Bonchev–Trinajstić information content (AvgIpc) is 3.16. The van der Waals surface area contributed by atoms with Crippen molar-refractivity contribution in [3.63, 3.8) is 0 Å². The molecule has 2 heterocycles. The molecule has 4 rings (SSSR count). The molecule has 3 N–H and O–H groups in total. The van der Waals surface area contributed by atoms with E-state index in [4.69, 9.17) is 0 Å². The number of carbonyl (C=O) groups is 2. The molecule has 5 nitrogen and oxygen atoms in total. The third kappa shape index (κ3) is 3.42. The number of amides is 2. The maximum absolute atomic E-state index is 13.3. The Labute approximate surface area is 170 Å². The summed E-state index contributed by atoms with van der Waals surface area (Å²) in [6.45, 7) is 6.24. The number of fused-ring (bicyclic) bond motifs is 2. The first-order valence-corrected chi connectivity index (χ1v) is 10.1. The molecule has 0 aliphatic carbocycles. The maximum atomic E-state index is 13.3. The van der Waals surface area contributed by atoms with E-state index in [1.807, 2.05) is 25.1 Å². The minimum absolute atomic E-state index is 0.0520. The highest BCUT2D eigenvalue weighted by Gasteiger charge is 2.60. The van der Waals surface area contributed by atoms with Gasteiger partial charge in [0.05, 0.1) is 5.92 Å². The lowest BCUT2D eigenvalue weighted by Gasteiger charge is -2.29. The van der Waals surface area contributed by atoms with E-state index in [1.165, 1.54) is 24.3 Å². The van der Waals surface area contributed by atoms with Crippen molar-refractivity contribution >= 4 is 23.2 Å². The van der Waals surface area contributed by atoms with E-state index < -0.39 is 11.5 Å². The Morgan fingerprint density at radius 1 is 1.24 bits per heavy atom. The number of hydrogen-bond acceptors (Lipinski definition) is 3. The lowest BCUT2D eigenvalue weighted by molar-refractivity contribution is -0.130. The van der Waals surface area contributed by atoms with Crippen molar-refractivity contribution in [1.29, 1.82) is 0 Å².